The van der Waals surface area contributed by atoms with Crippen LogP contribution in [0, 0.1) is 13.8 Å². The lowest BCUT2D eigenvalue weighted by molar-refractivity contribution is -0.127. The van der Waals surface area contributed by atoms with Crippen LogP contribution in [0.2, 0.25) is 0 Å². The second-order valence-corrected chi connectivity index (χ2v) is 8.95. The number of aryl methyl sites for hydroxylation is 2. The fourth-order valence-electron chi connectivity index (χ4n) is 4.73. The van der Waals surface area contributed by atoms with Gasteiger partial charge in [0.1, 0.15) is 11.2 Å². The third-order valence-corrected chi connectivity index (χ3v) is 6.41. The molecule has 170 valence electrons. The van der Waals surface area contributed by atoms with Crippen molar-refractivity contribution in [1.82, 2.24) is 15.1 Å². The molecule has 1 fully saturated rings. The minimum absolute atomic E-state index is 0.0660. The van der Waals surface area contributed by atoms with E-state index in [1.807, 2.05) is 32.0 Å². The Morgan fingerprint density at radius 3 is 2.59 bits per heavy atom. The first-order chi connectivity index (χ1) is 15.2. The summed E-state index contributed by atoms with van der Waals surface area (Å²) >= 11 is 0. The van der Waals surface area contributed by atoms with Gasteiger partial charge in [-0.05, 0) is 52.2 Å². The predicted octanol–water partition coefficient (Wildman–Crippen LogP) is 3.15. The van der Waals surface area contributed by atoms with Gasteiger partial charge in [0.25, 0.3) is 5.91 Å². The summed E-state index contributed by atoms with van der Waals surface area (Å²) in [5.74, 6) is -1.16. The van der Waals surface area contributed by atoms with E-state index >= 15 is 0 Å². The molecule has 0 radical (unpaired) electrons. The van der Waals surface area contributed by atoms with Gasteiger partial charge in [-0.15, -0.1) is 0 Å². The molecule has 8 heteroatoms. The number of benzene rings is 1. The molecule has 1 aromatic carbocycles. The van der Waals surface area contributed by atoms with Crippen LogP contribution in [0.1, 0.15) is 71.6 Å². The fraction of sp³-hybridized carbons (Fsp3) is 0.500. The first-order valence-corrected chi connectivity index (χ1v) is 11.2. The Bertz CT molecular complexity index is 1070. The molecule has 1 aliphatic carbocycles. The maximum absolute atomic E-state index is 13.7. The van der Waals surface area contributed by atoms with Crippen molar-refractivity contribution in [2.75, 3.05) is 11.5 Å². The van der Waals surface area contributed by atoms with Crippen molar-refractivity contribution in [3.05, 3.63) is 46.8 Å². The number of carbonyl (C=O) groups excluding carboxylic acids is 3. The first-order valence-electron chi connectivity index (χ1n) is 11.2. The van der Waals surface area contributed by atoms with Gasteiger partial charge >= 0.3 is 5.97 Å². The number of amides is 2. The van der Waals surface area contributed by atoms with E-state index in [1.165, 1.54) is 10.7 Å². The predicted molar refractivity (Wildman–Crippen MR) is 120 cm³/mol. The number of hydrogen-bond donors (Lipinski definition) is 1. The summed E-state index contributed by atoms with van der Waals surface area (Å²) in [7, 11) is 0. The second-order valence-electron chi connectivity index (χ2n) is 8.95. The molecule has 2 amide bonds. The molecule has 1 saturated carbocycles. The van der Waals surface area contributed by atoms with Crippen LogP contribution in [0.25, 0.3) is 0 Å². The number of fused-ring (bicyclic) bond motifs is 1. The van der Waals surface area contributed by atoms with Gasteiger partial charge in [-0.25, -0.2) is 4.79 Å². The number of hydrogen-bond acceptors (Lipinski definition) is 5. The molecule has 1 N–H and O–H groups in total. The number of esters is 1. The zero-order chi connectivity index (χ0) is 23.0. The van der Waals surface area contributed by atoms with Crippen LogP contribution in [-0.4, -0.2) is 45.8 Å². The van der Waals surface area contributed by atoms with Crippen LogP contribution in [0.3, 0.4) is 0 Å². The molecule has 2 heterocycles. The number of aromatic nitrogens is 2. The van der Waals surface area contributed by atoms with Gasteiger partial charge < -0.3 is 10.1 Å². The Morgan fingerprint density at radius 1 is 1.22 bits per heavy atom. The Kier molecular flexibility index (Phi) is 5.79. The highest BCUT2D eigenvalue weighted by Crippen LogP contribution is 2.35. The summed E-state index contributed by atoms with van der Waals surface area (Å²) in [4.78, 5) is 41.1. The number of rotatable bonds is 5. The van der Waals surface area contributed by atoms with Gasteiger partial charge in [-0.2, -0.15) is 5.10 Å². The van der Waals surface area contributed by atoms with Crippen molar-refractivity contribution < 1.29 is 19.1 Å². The number of ether oxygens (including phenoxy) is 1. The fourth-order valence-corrected chi connectivity index (χ4v) is 4.73. The van der Waals surface area contributed by atoms with Crippen molar-refractivity contribution in [3.8, 4) is 0 Å². The lowest BCUT2D eigenvalue weighted by Crippen LogP contribution is -2.65. The van der Waals surface area contributed by atoms with E-state index in [0.717, 1.165) is 36.8 Å². The monoisotopic (exact) mass is 438 g/mol. The molecule has 32 heavy (non-hydrogen) atoms. The van der Waals surface area contributed by atoms with Crippen molar-refractivity contribution in [3.63, 3.8) is 0 Å². The maximum atomic E-state index is 13.7. The smallest absolute Gasteiger partial charge is 0.358 e. The molecular formula is C24H30N4O4. The van der Waals surface area contributed by atoms with E-state index in [-0.39, 0.29) is 42.4 Å². The minimum atomic E-state index is -1.20. The average Bonchev–Trinajstić information content (AvgIpc) is 3.39. The Hall–Kier alpha value is -3.16. The van der Waals surface area contributed by atoms with Crippen LogP contribution in [-0.2, 0) is 16.1 Å². The molecule has 0 saturated heterocycles. The minimum Gasteiger partial charge on any atom is -0.461 e. The van der Waals surface area contributed by atoms with E-state index in [0.29, 0.717) is 5.69 Å². The molecule has 0 unspecified atom stereocenters. The highest BCUT2D eigenvalue weighted by Gasteiger charge is 2.50. The average molecular weight is 439 g/mol. The quantitative estimate of drug-likeness (QED) is 0.724. The zero-order valence-electron chi connectivity index (χ0n) is 19.1. The standard InChI is InChI=1S/C24H30N4O4/c1-5-32-22(30)18-13-20-21(29)28(19-11-10-15(2)12-16(19)3)24(4,14-27(20)26-18)23(31)25-17-8-6-7-9-17/h10-13,17H,5-9,14H2,1-4H3,(H,25,31)/t24-/m0/s1. The molecule has 1 aromatic heterocycles. The van der Waals surface area contributed by atoms with Crippen molar-refractivity contribution in [1.29, 1.82) is 0 Å². The summed E-state index contributed by atoms with van der Waals surface area (Å²) in [5.41, 5.74) is 1.77. The van der Waals surface area contributed by atoms with E-state index in [4.69, 9.17) is 4.74 Å². The summed E-state index contributed by atoms with van der Waals surface area (Å²) < 4.78 is 6.51. The number of anilines is 1. The second kappa shape index (κ2) is 8.41. The number of carbonyl (C=O) groups is 3. The van der Waals surface area contributed by atoms with Gasteiger partial charge in [0.15, 0.2) is 5.69 Å². The Labute approximate surface area is 187 Å². The third kappa shape index (κ3) is 3.78. The largest absolute Gasteiger partial charge is 0.461 e. The molecule has 8 nitrogen and oxygen atoms in total. The maximum Gasteiger partial charge on any atom is 0.358 e. The normalized spacial score (nSPS) is 20.9. The molecular weight excluding hydrogens is 408 g/mol. The molecule has 2 aromatic rings. The van der Waals surface area contributed by atoms with E-state index in [1.54, 1.807) is 18.7 Å². The van der Waals surface area contributed by atoms with E-state index in [2.05, 4.69) is 10.4 Å². The van der Waals surface area contributed by atoms with Crippen LogP contribution in [0.5, 0.6) is 0 Å². The zero-order valence-corrected chi connectivity index (χ0v) is 19.1. The summed E-state index contributed by atoms with van der Waals surface area (Å²) in [6.07, 6.45) is 4.07. The molecule has 0 spiro atoms. The van der Waals surface area contributed by atoms with Crippen LogP contribution < -0.4 is 10.2 Å². The first kappa shape index (κ1) is 22.0. The molecule has 1 atom stereocenters. The van der Waals surface area contributed by atoms with E-state index < -0.39 is 11.5 Å². The van der Waals surface area contributed by atoms with Crippen molar-refractivity contribution in [2.24, 2.45) is 0 Å². The van der Waals surface area contributed by atoms with Crippen molar-refractivity contribution in [2.45, 2.75) is 71.5 Å². The Morgan fingerprint density at radius 2 is 1.94 bits per heavy atom. The molecule has 2 aliphatic rings. The van der Waals surface area contributed by atoms with Gasteiger partial charge in [0.2, 0.25) is 5.91 Å². The molecule has 1 aliphatic heterocycles. The Balaban J connectivity index is 1.79. The number of nitrogens with one attached hydrogen (secondary N) is 1. The van der Waals surface area contributed by atoms with Crippen LogP contribution >= 0.6 is 0 Å². The third-order valence-electron chi connectivity index (χ3n) is 6.41. The van der Waals surface area contributed by atoms with Crippen LogP contribution in [0.4, 0.5) is 5.69 Å². The highest BCUT2D eigenvalue weighted by molar-refractivity contribution is 6.12. The van der Waals surface area contributed by atoms with Crippen LogP contribution in [0.15, 0.2) is 24.3 Å². The number of nitrogens with zero attached hydrogens (tertiary/aromatic N) is 3. The molecule has 0 bridgehead atoms. The lowest BCUT2D eigenvalue weighted by Gasteiger charge is -2.44. The molecule has 4 rings (SSSR count). The summed E-state index contributed by atoms with van der Waals surface area (Å²) in [6, 6.07) is 7.37. The van der Waals surface area contributed by atoms with Crippen molar-refractivity contribution >= 4 is 23.5 Å². The van der Waals surface area contributed by atoms with Gasteiger partial charge in [0, 0.05) is 17.8 Å². The van der Waals surface area contributed by atoms with Gasteiger partial charge in [0.05, 0.1) is 13.2 Å². The lowest BCUT2D eigenvalue weighted by atomic mass is 9.92. The van der Waals surface area contributed by atoms with Gasteiger partial charge in [-0.3, -0.25) is 19.2 Å². The van der Waals surface area contributed by atoms with E-state index in [9.17, 15) is 14.4 Å². The highest BCUT2D eigenvalue weighted by atomic mass is 16.5. The summed E-state index contributed by atoms with van der Waals surface area (Å²) in [5, 5.41) is 7.46. The van der Waals surface area contributed by atoms with Gasteiger partial charge in [-0.1, -0.05) is 30.5 Å². The SMILES string of the molecule is CCOC(=O)c1cc2n(n1)C[C@@](C)(C(=O)NC1CCCC1)N(c1ccc(C)cc1C)C2=O. The topological polar surface area (TPSA) is 93.5 Å². The summed E-state index contributed by atoms with van der Waals surface area (Å²) in [6.45, 7) is 7.75.